The van der Waals surface area contributed by atoms with E-state index in [-0.39, 0.29) is 0 Å². The number of nitrogen functional groups attached to an aromatic ring is 1. The zero-order valence-corrected chi connectivity index (χ0v) is 6.20. The van der Waals surface area contributed by atoms with Crippen LogP contribution < -0.4 is 5.73 Å². The number of hydrogen-bond donors (Lipinski definition) is 1. The first-order valence-electron chi connectivity index (χ1n) is 3.78. The summed E-state index contributed by atoms with van der Waals surface area (Å²) in [7, 11) is 0. The Bertz CT molecular complexity index is 256. The Morgan fingerprint density at radius 2 is 2.27 bits per heavy atom. The van der Waals surface area contributed by atoms with E-state index in [2.05, 4.69) is 15.0 Å². The Balaban J connectivity index is 2.10. The summed E-state index contributed by atoms with van der Waals surface area (Å²) in [6.45, 7) is 0. The first kappa shape index (κ1) is 6.52. The normalized spacial score (nSPS) is 16.7. The molecule has 0 atom stereocenters. The maximum atomic E-state index is 5.39. The highest BCUT2D eigenvalue weighted by molar-refractivity contribution is 5.12. The summed E-state index contributed by atoms with van der Waals surface area (Å²) in [5.41, 5.74) is 5.39. The zero-order valence-electron chi connectivity index (χ0n) is 6.20. The predicted octanol–water partition coefficient (Wildman–Crippen LogP) is 0.406. The Morgan fingerprint density at radius 3 is 2.91 bits per heavy atom. The van der Waals surface area contributed by atoms with Crippen LogP contribution in [0.5, 0.6) is 0 Å². The number of aromatic nitrogens is 3. The van der Waals surface area contributed by atoms with Gasteiger partial charge < -0.3 is 5.73 Å². The fourth-order valence-electron chi connectivity index (χ4n) is 1.02. The van der Waals surface area contributed by atoms with Gasteiger partial charge in [0, 0.05) is 6.42 Å². The summed E-state index contributed by atoms with van der Waals surface area (Å²) in [5.74, 6) is 1.97. The minimum atomic E-state index is 0.329. The van der Waals surface area contributed by atoms with Crippen LogP contribution in [0.1, 0.15) is 18.7 Å². The van der Waals surface area contributed by atoms with Gasteiger partial charge in [0.2, 0.25) is 5.95 Å². The van der Waals surface area contributed by atoms with Gasteiger partial charge in [0.1, 0.15) is 12.2 Å². The fraction of sp³-hybridized carbons (Fsp3) is 0.571. The van der Waals surface area contributed by atoms with Gasteiger partial charge in [0.25, 0.3) is 0 Å². The molecule has 0 unspecified atom stereocenters. The van der Waals surface area contributed by atoms with Crippen molar-refractivity contribution in [1.29, 1.82) is 0 Å². The summed E-state index contributed by atoms with van der Waals surface area (Å²) in [6.07, 6.45) is 5.06. The lowest BCUT2D eigenvalue weighted by molar-refractivity contribution is 0.762. The van der Waals surface area contributed by atoms with Gasteiger partial charge in [0.15, 0.2) is 0 Å². The lowest BCUT2D eigenvalue weighted by Gasteiger charge is -1.96. The Kier molecular flexibility index (Phi) is 1.45. The van der Waals surface area contributed by atoms with Gasteiger partial charge in [-0.3, -0.25) is 0 Å². The third-order valence-corrected chi connectivity index (χ3v) is 1.81. The van der Waals surface area contributed by atoms with Gasteiger partial charge >= 0.3 is 0 Å². The third kappa shape index (κ3) is 1.63. The predicted molar refractivity (Wildman–Crippen MR) is 40.7 cm³/mol. The van der Waals surface area contributed by atoms with Crippen LogP contribution in [0.15, 0.2) is 6.33 Å². The van der Waals surface area contributed by atoms with Gasteiger partial charge in [0.05, 0.1) is 0 Å². The molecule has 4 heteroatoms. The third-order valence-electron chi connectivity index (χ3n) is 1.81. The number of hydrogen-bond acceptors (Lipinski definition) is 4. The van der Waals surface area contributed by atoms with Crippen molar-refractivity contribution in [2.24, 2.45) is 5.92 Å². The molecule has 1 aliphatic rings. The lowest BCUT2D eigenvalue weighted by atomic mass is 10.3. The molecule has 1 saturated carbocycles. The highest BCUT2D eigenvalue weighted by Gasteiger charge is 2.22. The van der Waals surface area contributed by atoms with Gasteiger partial charge in [-0.1, -0.05) is 0 Å². The van der Waals surface area contributed by atoms with Gasteiger partial charge in [-0.05, 0) is 18.8 Å². The lowest BCUT2D eigenvalue weighted by Crippen LogP contribution is -2.02. The molecule has 1 heterocycles. The van der Waals surface area contributed by atoms with Crippen molar-refractivity contribution in [3.05, 3.63) is 12.2 Å². The molecular formula is C7H10N4. The summed E-state index contributed by atoms with van der Waals surface area (Å²) in [5, 5.41) is 0. The maximum absolute atomic E-state index is 5.39. The standard InChI is InChI=1S/C7H10N4/c8-7-10-4-9-6(11-7)3-5-1-2-5/h4-5H,1-3H2,(H2,8,9,10,11). The van der Waals surface area contributed by atoms with E-state index >= 15 is 0 Å². The molecule has 4 nitrogen and oxygen atoms in total. The number of anilines is 1. The van der Waals surface area contributed by atoms with Crippen LogP contribution in [0, 0.1) is 5.92 Å². The van der Waals surface area contributed by atoms with Crippen molar-refractivity contribution >= 4 is 5.95 Å². The summed E-state index contributed by atoms with van der Waals surface area (Å²) in [4.78, 5) is 11.7. The Labute approximate surface area is 64.9 Å². The van der Waals surface area contributed by atoms with Crippen LogP contribution in [-0.4, -0.2) is 15.0 Å². The largest absolute Gasteiger partial charge is 0.368 e. The second kappa shape index (κ2) is 2.45. The molecule has 0 amide bonds. The highest BCUT2D eigenvalue weighted by Crippen LogP contribution is 2.31. The van der Waals surface area contributed by atoms with E-state index in [1.807, 2.05) is 0 Å². The molecule has 0 spiro atoms. The monoisotopic (exact) mass is 150 g/mol. The second-order valence-corrected chi connectivity index (χ2v) is 2.91. The minimum absolute atomic E-state index is 0.329. The van der Waals surface area contributed by atoms with Gasteiger partial charge in [-0.2, -0.15) is 4.98 Å². The molecule has 1 aromatic heterocycles. The molecule has 11 heavy (non-hydrogen) atoms. The molecule has 58 valence electrons. The van der Waals surface area contributed by atoms with E-state index in [9.17, 15) is 0 Å². The van der Waals surface area contributed by atoms with Crippen molar-refractivity contribution in [2.75, 3.05) is 5.73 Å². The quantitative estimate of drug-likeness (QED) is 0.663. The maximum Gasteiger partial charge on any atom is 0.223 e. The van der Waals surface area contributed by atoms with Crippen molar-refractivity contribution in [3.8, 4) is 0 Å². The molecule has 2 rings (SSSR count). The zero-order chi connectivity index (χ0) is 7.68. The Morgan fingerprint density at radius 1 is 1.45 bits per heavy atom. The number of nitrogens with zero attached hydrogens (tertiary/aromatic N) is 3. The fourth-order valence-corrected chi connectivity index (χ4v) is 1.02. The number of rotatable bonds is 2. The summed E-state index contributed by atoms with van der Waals surface area (Å²) < 4.78 is 0. The number of nitrogens with two attached hydrogens (primary N) is 1. The molecule has 2 N–H and O–H groups in total. The van der Waals surface area contributed by atoms with Crippen molar-refractivity contribution in [3.63, 3.8) is 0 Å². The molecule has 0 radical (unpaired) electrons. The smallest absolute Gasteiger partial charge is 0.223 e. The molecule has 0 saturated heterocycles. The Hall–Kier alpha value is -1.19. The molecule has 0 bridgehead atoms. The molecule has 0 aliphatic heterocycles. The van der Waals surface area contributed by atoms with E-state index in [4.69, 9.17) is 5.73 Å². The van der Waals surface area contributed by atoms with Crippen LogP contribution in [0.25, 0.3) is 0 Å². The molecule has 1 aromatic rings. The van der Waals surface area contributed by atoms with E-state index < -0.39 is 0 Å². The first-order valence-corrected chi connectivity index (χ1v) is 3.78. The summed E-state index contributed by atoms with van der Waals surface area (Å²) >= 11 is 0. The van der Waals surface area contributed by atoms with Crippen LogP contribution in [0.3, 0.4) is 0 Å². The molecule has 1 aliphatic carbocycles. The van der Waals surface area contributed by atoms with E-state index in [1.165, 1.54) is 19.2 Å². The van der Waals surface area contributed by atoms with Crippen molar-refractivity contribution in [1.82, 2.24) is 15.0 Å². The SMILES string of the molecule is Nc1ncnc(CC2CC2)n1. The first-order chi connectivity index (χ1) is 5.34. The van der Waals surface area contributed by atoms with Crippen LogP contribution in [0.4, 0.5) is 5.95 Å². The van der Waals surface area contributed by atoms with Gasteiger partial charge in [-0.15, -0.1) is 0 Å². The van der Waals surface area contributed by atoms with Gasteiger partial charge in [-0.25, -0.2) is 9.97 Å². The second-order valence-electron chi connectivity index (χ2n) is 2.91. The topological polar surface area (TPSA) is 64.7 Å². The van der Waals surface area contributed by atoms with Crippen LogP contribution >= 0.6 is 0 Å². The minimum Gasteiger partial charge on any atom is -0.368 e. The summed E-state index contributed by atoms with van der Waals surface area (Å²) in [6, 6.07) is 0. The van der Waals surface area contributed by atoms with Crippen molar-refractivity contribution < 1.29 is 0 Å². The highest BCUT2D eigenvalue weighted by atomic mass is 15.1. The van der Waals surface area contributed by atoms with Crippen LogP contribution in [-0.2, 0) is 6.42 Å². The van der Waals surface area contributed by atoms with Crippen LogP contribution in [0.2, 0.25) is 0 Å². The van der Waals surface area contributed by atoms with Crippen molar-refractivity contribution in [2.45, 2.75) is 19.3 Å². The average Bonchev–Trinajstić information content (AvgIpc) is 2.71. The molecular weight excluding hydrogens is 140 g/mol. The molecule has 0 aromatic carbocycles. The van der Waals surface area contributed by atoms with E-state index in [0.29, 0.717) is 5.95 Å². The molecule has 1 fully saturated rings. The average molecular weight is 150 g/mol. The van der Waals surface area contributed by atoms with E-state index in [0.717, 1.165) is 18.2 Å². The van der Waals surface area contributed by atoms with E-state index in [1.54, 1.807) is 0 Å².